The lowest BCUT2D eigenvalue weighted by atomic mass is 10.1. The second-order valence-electron chi connectivity index (χ2n) is 7.17. The van der Waals surface area contributed by atoms with Gasteiger partial charge in [0.2, 0.25) is 5.91 Å². The summed E-state index contributed by atoms with van der Waals surface area (Å²) in [5.74, 6) is -1.58. The van der Waals surface area contributed by atoms with Crippen molar-refractivity contribution in [2.45, 2.75) is 38.4 Å². The van der Waals surface area contributed by atoms with Crippen LogP contribution >= 0.6 is 0 Å². The molecule has 4 rings (SSSR count). The van der Waals surface area contributed by atoms with E-state index in [-0.39, 0.29) is 37.0 Å². The van der Waals surface area contributed by atoms with Crippen molar-refractivity contribution in [1.29, 1.82) is 0 Å². The number of hydrogen-bond acceptors (Lipinski definition) is 3. The number of aryl methyl sites for hydroxylation is 1. The summed E-state index contributed by atoms with van der Waals surface area (Å²) in [5, 5.41) is 0.368. The van der Waals surface area contributed by atoms with Crippen LogP contribution in [0.5, 0.6) is 0 Å². The zero-order valence-corrected chi connectivity index (χ0v) is 15.5. The lowest BCUT2D eigenvalue weighted by Gasteiger charge is -2.23. The van der Waals surface area contributed by atoms with Crippen molar-refractivity contribution in [2.24, 2.45) is 0 Å². The highest BCUT2D eigenvalue weighted by molar-refractivity contribution is 5.79. The van der Waals surface area contributed by atoms with E-state index in [4.69, 9.17) is 0 Å². The van der Waals surface area contributed by atoms with Gasteiger partial charge in [-0.25, -0.2) is 13.6 Å². The quantitative estimate of drug-likeness (QED) is 0.692. The van der Waals surface area contributed by atoms with Gasteiger partial charge in [-0.15, -0.1) is 0 Å². The molecular weight excluding hydrogens is 380 g/mol. The van der Waals surface area contributed by atoms with E-state index in [1.54, 1.807) is 29.2 Å². The van der Waals surface area contributed by atoms with Crippen LogP contribution in [0.2, 0.25) is 0 Å². The van der Waals surface area contributed by atoms with E-state index in [0.717, 1.165) is 18.9 Å². The molecule has 1 saturated carbocycles. The fourth-order valence-electron chi connectivity index (χ4n) is 3.46. The number of carbonyl (C=O) groups excluding carboxylic acids is 1. The fourth-order valence-corrected chi connectivity index (χ4v) is 3.46. The predicted molar refractivity (Wildman–Crippen MR) is 103 cm³/mol. The van der Waals surface area contributed by atoms with Crippen molar-refractivity contribution < 1.29 is 13.6 Å². The Hall–Kier alpha value is -3.29. The van der Waals surface area contributed by atoms with Crippen LogP contribution < -0.4 is 11.2 Å². The van der Waals surface area contributed by atoms with E-state index in [2.05, 4.69) is 4.98 Å². The van der Waals surface area contributed by atoms with E-state index in [9.17, 15) is 23.2 Å². The molecule has 29 heavy (non-hydrogen) atoms. The van der Waals surface area contributed by atoms with Gasteiger partial charge >= 0.3 is 5.69 Å². The maximum absolute atomic E-state index is 14.0. The second kappa shape index (κ2) is 7.62. The van der Waals surface area contributed by atoms with Crippen LogP contribution in [0.3, 0.4) is 0 Å². The largest absolute Gasteiger partial charge is 0.335 e. The zero-order valence-electron chi connectivity index (χ0n) is 15.5. The topological polar surface area (TPSA) is 75.2 Å². The van der Waals surface area contributed by atoms with Gasteiger partial charge in [0.25, 0.3) is 5.56 Å². The Balaban J connectivity index is 1.55. The molecule has 0 unspecified atom stereocenters. The third-order valence-corrected chi connectivity index (χ3v) is 5.12. The Morgan fingerprint density at radius 1 is 1.14 bits per heavy atom. The van der Waals surface area contributed by atoms with Crippen molar-refractivity contribution in [1.82, 2.24) is 14.5 Å². The van der Waals surface area contributed by atoms with E-state index >= 15 is 0 Å². The predicted octanol–water partition coefficient (Wildman–Crippen LogP) is 2.55. The SMILES string of the molecule is O=C(CCn1c(=O)[nH]c(=O)c2ccccc21)N(Cc1ccc(F)cc1F)C1CC1. The van der Waals surface area contributed by atoms with Gasteiger partial charge in [0.05, 0.1) is 10.9 Å². The number of hydrogen-bond donors (Lipinski definition) is 1. The second-order valence-corrected chi connectivity index (χ2v) is 7.17. The first-order valence-electron chi connectivity index (χ1n) is 9.39. The van der Waals surface area contributed by atoms with Crippen LogP contribution in [0.4, 0.5) is 8.78 Å². The number of halogens is 2. The first-order chi connectivity index (χ1) is 13.9. The fraction of sp³-hybridized carbons (Fsp3) is 0.286. The van der Waals surface area contributed by atoms with Gasteiger partial charge in [-0.2, -0.15) is 0 Å². The molecule has 0 saturated heterocycles. The van der Waals surface area contributed by atoms with Crippen molar-refractivity contribution >= 4 is 16.8 Å². The molecular formula is C21H19F2N3O3. The van der Waals surface area contributed by atoms with Crippen LogP contribution in [0, 0.1) is 11.6 Å². The highest BCUT2D eigenvalue weighted by Crippen LogP contribution is 2.29. The number of H-pyrrole nitrogens is 1. The molecule has 0 bridgehead atoms. The average molecular weight is 399 g/mol. The summed E-state index contributed by atoms with van der Waals surface area (Å²) in [6.07, 6.45) is 1.68. The summed E-state index contributed by atoms with van der Waals surface area (Å²) in [6.45, 7) is 0.140. The van der Waals surface area contributed by atoms with Gasteiger partial charge in [-0.1, -0.05) is 18.2 Å². The van der Waals surface area contributed by atoms with Gasteiger partial charge in [0.15, 0.2) is 0 Å². The summed E-state index contributed by atoms with van der Waals surface area (Å²) in [7, 11) is 0. The molecule has 8 heteroatoms. The number of nitrogens with one attached hydrogen (secondary N) is 1. The minimum atomic E-state index is -0.689. The molecule has 0 radical (unpaired) electrons. The maximum atomic E-state index is 14.0. The Bertz CT molecular complexity index is 1200. The number of aromatic amines is 1. The Kier molecular flexibility index (Phi) is 5.00. The van der Waals surface area contributed by atoms with Crippen molar-refractivity contribution in [2.75, 3.05) is 0 Å². The number of para-hydroxylation sites is 1. The van der Waals surface area contributed by atoms with E-state index < -0.39 is 22.9 Å². The molecule has 0 aliphatic heterocycles. The third kappa shape index (κ3) is 3.96. The van der Waals surface area contributed by atoms with Crippen molar-refractivity contribution in [3.8, 4) is 0 Å². The molecule has 1 amide bonds. The van der Waals surface area contributed by atoms with E-state index in [1.807, 2.05) is 0 Å². The Morgan fingerprint density at radius 3 is 2.62 bits per heavy atom. The summed E-state index contributed by atoms with van der Waals surface area (Å²) in [4.78, 5) is 40.9. The maximum Gasteiger partial charge on any atom is 0.328 e. The van der Waals surface area contributed by atoms with Gasteiger partial charge in [-0.05, 0) is 31.0 Å². The normalized spacial score (nSPS) is 13.6. The summed E-state index contributed by atoms with van der Waals surface area (Å²) in [6, 6.07) is 10.0. The van der Waals surface area contributed by atoms with E-state index in [0.29, 0.717) is 10.9 Å². The number of nitrogens with zero attached hydrogens (tertiary/aromatic N) is 2. The molecule has 0 spiro atoms. The standard InChI is InChI=1S/C21H19F2N3O3/c22-14-6-5-13(17(23)11-14)12-26(15-7-8-15)19(27)9-10-25-18-4-2-1-3-16(18)20(28)24-21(25)29/h1-6,11,15H,7-10,12H2,(H,24,28,29). The Labute approximate surface area is 164 Å². The molecule has 6 nitrogen and oxygen atoms in total. The molecule has 0 atom stereocenters. The highest BCUT2D eigenvalue weighted by Gasteiger charge is 2.32. The number of fused-ring (bicyclic) bond motifs is 1. The molecule has 1 heterocycles. The number of carbonyl (C=O) groups is 1. The Morgan fingerprint density at radius 2 is 1.90 bits per heavy atom. The average Bonchev–Trinajstić information content (AvgIpc) is 3.52. The van der Waals surface area contributed by atoms with Crippen LogP contribution in [-0.2, 0) is 17.9 Å². The molecule has 1 fully saturated rings. The number of benzene rings is 2. The molecule has 1 aromatic heterocycles. The highest BCUT2D eigenvalue weighted by atomic mass is 19.1. The molecule has 2 aromatic carbocycles. The number of rotatable bonds is 6. The monoisotopic (exact) mass is 399 g/mol. The van der Waals surface area contributed by atoms with Crippen LogP contribution in [0.15, 0.2) is 52.1 Å². The van der Waals surface area contributed by atoms with Gasteiger partial charge in [-0.3, -0.25) is 19.1 Å². The molecule has 1 aliphatic rings. The van der Waals surface area contributed by atoms with Crippen molar-refractivity contribution in [3.05, 3.63) is 80.5 Å². The smallest absolute Gasteiger partial charge is 0.328 e. The summed E-state index contributed by atoms with van der Waals surface area (Å²) >= 11 is 0. The number of aromatic nitrogens is 2. The van der Waals surface area contributed by atoms with Gasteiger partial charge in [0.1, 0.15) is 11.6 Å². The van der Waals surface area contributed by atoms with Crippen LogP contribution in [0.25, 0.3) is 10.9 Å². The first kappa shape index (κ1) is 19.0. The molecule has 1 aliphatic carbocycles. The molecule has 1 N–H and O–H groups in total. The first-order valence-corrected chi connectivity index (χ1v) is 9.39. The van der Waals surface area contributed by atoms with Gasteiger partial charge < -0.3 is 4.90 Å². The van der Waals surface area contributed by atoms with Crippen molar-refractivity contribution in [3.63, 3.8) is 0 Å². The minimum Gasteiger partial charge on any atom is -0.335 e. The van der Waals surface area contributed by atoms with Gasteiger partial charge in [0, 0.05) is 37.2 Å². The lowest BCUT2D eigenvalue weighted by Crippen LogP contribution is -2.35. The van der Waals surface area contributed by atoms with Crippen LogP contribution in [-0.4, -0.2) is 26.4 Å². The minimum absolute atomic E-state index is 0.0231. The molecule has 3 aromatic rings. The van der Waals surface area contributed by atoms with E-state index in [1.165, 1.54) is 16.7 Å². The molecule has 150 valence electrons. The third-order valence-electron chi connectivity index (χ3n) is 5.12. The summed E-state index contributed by atoms with van der Waals surface area (Å²) < 4.78 is 28.5. The summed E-state index contributed by atoms with van der Waals surface area (Å²) in [5.41, 5.74) is -0.349. The number of amides is 1. The van der Waals surface area contributed by atoms with Crippen LogP contribution in [0.1, 0.15) is 24.8 Å². The zero-order chi connectivity index (χ0) is 20.5. The lowest BCUT2D eigenvalue weighted by molar-refractivity contribution is -0.132.